The Morgan fingerprint density at radius 1 is 1.21 bits per heavy atom. The number of rotatable bonds is 8. The number of anilines is 1. The van der Waals surface area contributed by atoms with Crippen LogP contribution in [0.1, 0.15) is 18.4 Å². The van der Waals surface area contributed by atoms with Gasteiger partial charge in [0.05, 0.1) is 6.54 Å². The van der Waals surface area contributed by atoms with Crippen LogP contribution in [-0.4, -0.2) is 63.0 Å². The Hall–Kier alpha value is -3.34. The first-order valence-electron chi connectivity index (χ1n) is 8.89. The zero-order valence-electron chi connectivity index (χ0n) is 16.3. The highest BCUT2D eigenvalue weighted by Gasteiger charge is 2.24. The Morgan fingerprint density at radius 3 is 2.39 bits per heavy atom. The molecule has 0 unspecified atom stereocenters. The lowest BCUT2D eigenvalue weighted by Gasteiger charge is -2.16. The normalized spacial score (nSPS) is 13.3. The summed E-state index contributed by atoms with van der Waals surface area (Å²) in [5.74, 6) is -1.65. The number of hydrogen-bond donors (Lipinski definition) is 1. The third-order valence-electron chi connectivity index (χ3n) is 4.14. The second-order valence-corrected chi connectivity index (χ2v) is 6.82. The zero-order valence-corrected chi connectivity index (χ0v) is 16.3. The van der Waals surface area contributed by atoms with Crippen molar-refractivity contribution in [1.29, 1.82) is 5.26 Å². The molecule has 0 aromatic heterocycles. The quantitative estimate of drug-likeness (QED) is 0.407. The molecule has 0 radical (unpaired) electrons. The molecule has 28 heavy (non-hydrogen) atoms. The van der Waals surface area contributed by atoms with Crippen LogP contribution in [-0.2, 0) is 19.1 Å². The number of esters is 1. The van der Waals surface area contributed by atoms with Crippen molar-refractivity contribution in [2.75, 3.05) is 39.2 Å². The maximum atomic E-state index is 12.1. The molecule has 1 aromatic rings. The van der Waals surface area contributed by atoms with Gasteiger partial charge >= 0.3 is 5.97 Å². The highest BCUT2D eigenvalue weighted by Crippen LogP contribution is 2.18. The Bertz CT molecular complexity index is 804. The number of carbonyl (C=O) groups excluding carboxylic acids is 3. The maximum Gasteiger partial charge on any atom is 0.349 e. The molecule has 0 bridgehead atoms. The number of nitriles is 1. The van der Waals surface area contributed by atoms with Crippen molar-refractivity contribution in [3.63, 3.8) is 0 Å². The van der Waals surface area contributed by atoms with Gasteiger partial charge in [0.2, 0.25) is 5.91 Å². The van der Waals surface area contributed by atoms with Crippen molar-refractivity contribution in [3.05, 3.63) is 35.4 Å². The summed E-state index contributed by atoms with van der Waals surface area (Å²) in [4.78, 5) is 38.9. The maximum absolute atomic E-state index is 12.1. The fourth-order valence-corrected chi connectivity index (χ4v) is 2.29. The van der Waals surface area contributed by atoms with E-state index in [2.05, 4.69) is 5.32 Å². The van der Waals surface area contributed by atoms with E-state index in [-0.39, 0.29) is 24.1 Å². The van der Waals surface area contributed by atoms with Crippen LogP contribution in [0.2, 0.25) is 0 Å². The number of amides is 2. The van der Waals surface area contributed by atoms with Crippen molar-refractivity contribution in [1.82, 2.24) is 10.2 Å². The van der Waals surface area contributed by atoms with E-state index in [0.29, 0.717) is 5.56 Å². The molecule has 1 fully saturated rings. The lowest BCUT2D eigenvalue weighted by molar-refractivity contribution is -0.148. The van der Waals surface area contributed by atoms with E-state index in [0.717, 1.165) is 18.5 Å². The average molecular weight is 384 g/mol. The SMILES string of the molecule is CN(CC(=O)NC1CC1)C(=O)COC(=O)/C(C#N)=C/c1ccc(N(C)C)cc1. The van der Waals surface area contributed by atoms with Crippen LogP contribution >= 0.6 is 0 Å². The molecule has 0 saturated heterocycles. The molecule has 1 aliphatic rings. The first-order chi connectivity index (χ1) is 13.3. The fraction of sp³-hybridized carbons (Fsp3) is 0.400. The molecule has 2 rings (SSSR count). The van der Waals surface area contributed by atoms with Gasteiger partial charge in [-0.15, -0.1) is 0 Å². The lowest BCUT2D eigenvalue weighted by atomic mass is 10.1. The van der Waals surface area contributed by atoms with E-state index in [1.54, 1.807) is 18.2 Å². The van der Waals surface area contributed by atoms with Crippen LogP contribution in [0.25, 0.3) is 6.08 Å². The van der Waals surface area contributed by atoms with Gasteiger partial charge in [-0.2, -0.15) is 5.26 Å². The second-order valence-electron chi connectivity index (χ2n) is 6.82. The standard InChI is InChI=1S/C20H24N4O4/c1-23(2)17-8-4-14(5-9-17)10-15(11-21)20(27)28-13-19(26)24(3)12-18(25)22-16-6-7-16/h4-5,8-10,16H,6-7,12-13H2,1-3H3,(H,22,25)/b15-10+. The number of nitrogens with zero attached hydrogens (tertiary/aromatic N) is 3. The first kappa shape index (κ1) is 21.0. The van der Waals surface area contributed by atoms with Gasteiger partial charge in [-0.1, -0.05) is 12.1 Å². The third kappa shape index (κ3) is 6.43. The Balaban J connectivity index is 1.87. The molecule has 2 amide bonds. The van der Waals surface area contributed by atoms with E-state index in [9.17, 15) is 19.6 Å². The van der Waals surface area contributed by atoms with E-state index >= 15 is 0 Å². The summed E-state index contributed by atoms with van der Waals surface area (Å²) in [5.41, 5.74) is 1.44. The molecule has 0 heterocycles. The van der Waals surface area contributed by atoms with Crippen LogP contribution in [0.5, 0.6) is 0 Å². The minimum absolute atomic E-state index is 0.105. The van der Waals surface area contributed by atoms with Gasteiger partial charge < -0.3 is 19.9 Å². The van der Waals surface area contributed by atoms with Crippen molar-refractivity contribution >= 4 is 29.5 Å². The van der Waals surface area contributed by atoms with E-state index in [1.165, 1.54) is 18.0 Å². The predicted molar refractivity (Wildman–Crippen MR) is 104 cm³/mol. The summed E-state index contributed by atoms with van der Waals surface area (Å²) in [7, 11) is 5.27. The minimum atomic E-state index is -0.886. The smallest absolute Gasteiger partial charge is 0.349 e. The molecular formula is C20H24N4O4. The summed E-state index contributed by atoms with van der Waals surface area (Å²) < 4.78 is 4.93. The highest BCUT2D eigenvalue weighted by molar-refractivity contribution is 5.99. The Labute approximate surface area is 164 Å². The van der Waals surface area contributed by atoms with Crippen molar-refractivity contribution < 1.29 is 19.1 Å². The number of ether oxygens (including phenoxy) is 1. The molecule has 1 N–H and O–H groups in total. The van der Waals surface area contributed by atoms with Crippen LogP contribution in [0.3, 0.4) is 0 Å². The summed E-state index contributed by atoms with van der Waals surface area (Å²) in [6.45, 7) is -0.642. The average Bonchev–Trinajstić information content (AvgIpc) is 3.47. The fourth-order valence-electron chi connectivity index (χ4n) is 2.29. The van der Waals surface area contributed by atoms with Crippen LogP contribution in [0, 0.1) is 11.3 Å². The molecule has 1 aliphatic carbocycles. The first-order valence-corrected chi connectivity index (χ1v) is 8.89. The Kier molecular flexibility index (Phi) is 7.15. The number of benzene rings is 1. The molecule has 8 heteroatoms. The largest absolute Gasteiger partial charge is 0.451 e. The van der Waals surface area contributed by atoms with Crippen LogP contribution in [0.15, 0.2) is 29.8 Å². The molecule has 8 nitrogen and oxygen atoms in total. The van der Waals surface area contributed by atoms with Gasteiger partial charge in [-0.05, 0) is 36.6 Å². The zero-order chi connectivity index (χ0) is 20.7. The number of carbonyl (C=O) groups is 3. The van der Waals surface area contributed by atoms with E-state index in [4.69, 9.17) is 4.74 Å². The number of nitrogens with one attached hydrogen (secondary N) is 1. The Morgan fingerprint density at radius 2 is 1.86 bits per heavy atom. The van der Waals surface area contributed by atoms with Crippen molar-refractivity contribution in [2.45, 2.75) is 18.9 Å². The van der Waals surface area contributed by atoms with Gasteiger partial charge in [0.1, 0.15) is 11.6 Å². The monoisotopic (exact) mass is 384 g/mol. The van der Waals surface area contributed by atoms with Gasteiger partial charge in [-0.3, -0.25) is 9.59 Å². The topological polar surface area (TPSA) is 103 Å². The summed E-state index contributed by atoms with van der Waals surface area (Å²) in [5, 5.41) is 12.0. The lowest BCUT2D eigenvalue weighted by Crippen LogP contribution is -2.40. The molecular weight excluding hydrogens is 360 g/mol. The number of likely N-dealkylation sites (N-methyl/N-ethyl adjacent to an activating group) is 1. The van der Waals surface area contributed by atoms with Gasteiger partial charge in [0.25, 0.3) is 5.91 Å². The summed E-state index contributed by atoms with van der Waals surface area (Å²) >= 11 is 0. The van der Waals surface area contributed by atoms with Crippen molar-refractivity contribution in [3.8, 4) is 6.07 Å². The molecule has 1 saturated carbocycles. The van der Waals surface area contributed by atoms with E-state index in [1.807, 2.05) is 31.1 Å². The van der Waals surface area contributed by atoms with Crippen molar-refractivity contribution in [2.24, 2.45) is 0 Å². The second kappa shape index (κ2) is 9.55. The molecule has 0 atom stereocenters. The third-order valence-corrected chi connectivity index (χ3v) is 4.14. The molecule has 0 aliphatic heterocycles. The van der Waals surface area contributed by atoms with Gasteiger partial charge in [0, 0.05) is 32.9 Å². The molecule has 1 aromatic carbocycles. The van der Waals surface area contributed by atoms with Gasteiger partial charge in [0.15, 0.2) is 6.61 Å². The van der Waals surface area contributed by atoms with Gasteiger partial charge in [-0.25, -0.2) is 4.79 Å². The predicted octanol–water partition coefficient (Wildman–Crippen LogP) is 0.940. The molecule has 148 valence electrons. The minimum Gasteiger partial charge on any atom is -0.451 e. The number of hydrogen-bond acceptors (Lipinski definition) is 6. The van der Waals surface area contributed by atoms with E-state index < -0.39 is 18.5 Å². The summed E-state index contributed by atoms with van der Waals surface area (Å²) in [6.07, 6.45) is 3.32. The molecule has 0 spiro atoms. The van der Waals surface area contributed by atoms with Crippen LogP contribution < -0.4 is 10.2 Å². The van der Waals surface area contributed by atoms with Crippen LogP contribution in [0.4, 0.5) is 5.69 Å². The summed E-state index contributed by atoms with van der Waals surface area (Å²) in [6, 6.07) is 9.27. The highest BCUT2D eigenvalue weighted by atomic mass is 16.5.